The summed E-state index contributed by atoms with van der Waals surface area (Å²) < 4.78 is 4.64. The fourth-order valence-corrected chi connectivity index (χ4v) is 1.39. The quantitative estimate of drug-likeness (QED) is 0.562. The van der Waals surface area contributed by atoms with E-state index in [-0.39, 0.29) is 11.9 Å². The van der Waals surface area contributed by atoms with Crippen LogP contribution in [-0.4, -0.2) is 29.6 Å². The summed E-state index contributed by atoms with van der Waals surface area (Å²) in [6.07, 6.45) is 3.12. The standard InChI is InChI=1S/C9H13N3O2S/c1-2-11-9-7(3-10-5-12-9)8(15)4-14-6-13/h3,5-6,8,15H,2,4H2,1H3,(H,10,11,12). The Balaban J connectivity index is 2.76. The Morgan fingerprint density at radius 1 is 1.73 bits per heavy atom. The first-order valence-electron chi connectivity index (χ1n) is 4.56. The summed E-state index contributed by atoms with van der Waals surface area (Å²) in [4.78, 5) is 18.0. The summed E-state index contributed by atoms with van der Waals surface area (Å²) in [5.41, 5.74) is 0.824. The van der Waals surface area contributed by atoms with Crippen molar-refractivity contribution in [2.24, 2.45) is 0 Å². The van der Waals surface area contributed by atoms with E-state index in [0.29, 0.717) is 6.47 Å². The number of thiol groups is 1. The van der Waals surface area contributed by atoms with Crippen molar-refractivity contribution in [2.75, 3.05) is 18.5 Å². The summed E-state index contributed by atoms with van der Waals surface area (Å²) in [5, 5.41) is 2.87. The fourth-order valence-electron chi connectivity index (χ4n) is 1.12. The molecule has 0 aliphatic rings. The average Bonchev–Trinajstić information content (AvgIpc) is 2.27. The molecule has 15 heavy (non-hydrogen) atoms. The lowest BCUT2D eigenvalue weighted by molar-refractivity contribution is -0.128. The van der Waals surface area contributed by atoms with E-state index in [1.54, 1.807) is 6.20 Å². The molecule has 0 fully saturated rings. The van der Waals surface area contributed by atoms with Gasteiger partial charge in [-0.2, -0.15) is 12.6 Å². The molecule has 1 atom stereocenters. The Bertz CT molecular complexity index is 322. The van der Waals surface area contributed by atoms with E-state index in [2.05, 4.69) is 32.7 Å². The lowest BCUT2D eigenvalue weighted by Gasteiger charge is -2.13. The van der Waals surface area contributed by atoms with Crippen molar-refractivity contribution in [1.29, 1.82) is 0 Å². The molecule has 0 saturated carbocycles. The molecular formula is C9H13N3O2S. The van der Waals surface area contributed by atoms with Gasteiger partial charge in [-0.3, -0.25) is 4.79 Å². The number of rotatable bonds is 6. The van der Waals surface area contributed by atoms with Crippen LogP contribution in [0.25, 0.3) is 0 Å². The lowest BCUT2D eigenvalue weighted by Crippen LogP contribution is -2.08. The van der Waals surface area contributed by atoms with Crippen molar-refractivity contribution >= 4 is 24.9 Å². The van der Waals surface area contributed by atoms with Crippen LogP contribution >= 0.6 is 12.6 Å². The zero-order chi connectivity index (χ0) is 11.1. The third-order valence-corrected chi connectivity index (χ3v) is 2.19. The van der Waals surface area contributed by atoms with Gasteiger partial charge in [0.1, 0.15) is 18.8 Å². The van der Waals surface area contributed by atoms with Crippen molar-refractivity contribution in [3.63, 3.8) is 0 Å². The minimum atomic E-state index is -0.217. The normalized spacial score (nSPS) is 11.9. The maximum absolute atomic E-state index is 10.0. The van der Waals surface area contributed by atoms with Crippen LogP contribution in [0.1, 0.15) is 17.7 Å². The number of hydrogen-bond acceptors (Lipinski definition) is 6. The topological polar surface area (TPSA) is 64.1 Å². The number of nitrogens with zero attached hydrogens (tertiary/aromatic N) is 2. The molecular weight excluding hydrogens is 214 g/mol. The van der Waals surface area contributed by atoms with Gasteiger partial charge in [0.05, 0.1) is 5.25 Å². The van der Waals surface area contributed by atoms with Gasteiger partial charge in [0.2, 0.25) is 0 Å². The highest BCUT2D eigenvalue weighted by Gasteiger charge is 2.12. The molecule has 0 saturated heterocycles. The van der Waals surface area contributed by atoms with Gasteiger partial charge in [-0.05, 0) is 6.92 Å². The van der Waals surface area contributed by atoms with Crippen molar-refractivity contribution in [3.05, 3.63) is 18.1 Å². The van der Waals surface area contributed by atoms with Crippen molar-refractivity contribution < 1.29 is 9.53 Å². The molecule has 5 nitrogen and oxygen atoms in total. The van der Waals surface area contributed by atoms with Crippen molar-refractivity contribution in [1.82, 2.24) is 9.97 Å². The molecule has 0 aliphatic carbocycles. The number of carbonyl (C=O) groups excluding carboxylic acids is 1. The van der Waals surface area contributed by atoms with Gasteiger partial charge in [-0.1, -0.05) is 0 Å². The Morgan fingerprint density at radius 3 is 3.20 bits per heavy atom. The molecule has 0 amide bonds. The van der Waals surface area contributed by atoms with Gasteiger partial charge in [-0.25, -0.2) is 9.97 Å². The van der Waals surface area contributed by atoms with Crippen LogP contribution in [0.5, 0.6) is 0 Å². The van der Waals surface area contributed by atoms with E-state index >= 15 is 0 Å². The predicted octanol–water partition coefficient (Wildman–Crippen LogP) is 1.05. The van der Waals surface area contributed by atoms with Crippen molar-refractivity contribution in [3.8, 4) is 0 Å². The van der Waals surface area contributed by atoms with Gasteiger partial charge >= 0.3 is 0 Å². The number of aromatic nitrogens is 2. The van der Waals surface area contributed by atoms with Crippen LogP contribution in [0, 0.1) is 0 Å². The second-order valence-corrected chi connectivity index (χ2v) is 3.43. The highest BCUT2D eigenvalue weighted by molar-refractivity contribution is 7.80. The van der Waals surface area contributed by atoms with E-state index in [9.17, 15) is 4.79 Å². The molecule has 1 aromatic heterocycles. The monoisotopic (exact) mass is 227 g/mol. The summed E-state index contributed by atoms with van der Waals surface area (Å²) in [6, 6.07) is 0. The smallest absolute Gasteiger partial charge is 0.293 e. The van der Waals surface area contributed by atoms with Gasteiger partial charge in [-0.15, -0.1) is 0 Å². The van der Waals surface area contributed by atoms with E-state index < -0.39 is 0 Å². The Morgan fingerprint density at radius 2 is 2.53 bits per heavy atom. The maximum Gasteiger partial charge on any atom is 0.293 e. The summed E-state index contributed by atoms with van der Waals surface area (Å²) in [5.74, 6) is 0.724. The highest BCUT2D eigenvalue weighted by Crippen LogP contribution is 2.24. The van der Waals surface area contributed by atoms with Crippen LogP contribution in [0.4, 0.5) is 5.82 Å². The highest BCUT2D eigenvalue weighted by atomic mass is 32.1. The van der Waals surface area contributed by atoms with Crippen LogP contribution in [-0.2, 0) is 9.53 Å². The zero-order valence-electron chi connectivity index (χ0n) is 8.38. The minimum Gasteiger partial charge on any atom is -0.466 e. The van der Waals surface area contributed by atoms with Crippen LogP contribution in [0.3, 0.4) is 0 Å². The molecule has 1 N–H and O–H groups in total. The number of ether oxygens (including phenoxy) is 1. The van der Waals surface area contributed by atoms with E-state index in [1.807, 2.05) is 6.92 Å². The molecule has 0 aromatic carbocycles. The molecule has 1 unspecified atom stereocenters. The van der Waals surface area contributed by atoms with Gasteiger partial charge in [0.15, 0.2) is 0 Å². The van der Waals surface area contributed by atoms with Gasteiger partial charge < -0.3 is 10.1 Å². The van der Waals surface area contributed by atoms with E-state index in [1.165, 1.54) is 6.33 Å². The first kappa shape index (κ1) is 11.8. The largest absolute Gasteiger partial charge is 0.466 e. The second kappa shape index (κ2) is 6.23. The third-order valence-electron chi connectivity index (χ3n) is 1.77. The number of anilines is 1. The summed E-state index contributed by atoms with van der Waals surface area (Å²) >= 11 is 4.31. The Labute approximate surface area is 93.7 Å². The predicted molar refractivity (Wildman–Crippen MR) is 59.9 cm³/mol. The average molecular weight is 227 g/mol. The molecule has 0 aliphatic heterocycles. The number of hydrogen-bond donors (Lipinski definition) is 2. The van der Waals surface area contributed by atoms with Gasteiger partial charge in [0, 0.05) is 18.3 Å². The fraction of sp³-hybridized carbons (Fsp3) is 0.444. The third kappa shape index (κ3) is 3.39. The van der Waals surface area contributed by atoms with Crippen LogP contribution in [0.15, 0.2) is 12.5 Å². The first-order valence-corrected chi connectivity index (χ1v) is 5.08. The number of carbonyl (C=O) groups is 1. The van der Waals surface area contributed by atoms with Gasteiger partial charge in [0.25, 0.3) is 6.47 Å². The van der Waals surface area contributed by atoms with Crippen LogP contribution in [0.2, 0.25) is 0 Å². The van der Waals surface area contributed by atoms with Crippen molar-refractivity contribution in [2.45, 2.75) is 12.2 Å². The lowest BCUT2D eigenvalue weighted by atomic mass is 10.2. The zero-order valence-corrected chi connectivity index (χ0v) is 9.28. The Hall–Kier alpha value is -1.30. The SMILES string of the molecule is CCNc1ncncc1C(S)COC=O. The molecule has 6 heteroatoms. The number of nitrogens with one attached hydrogen (secondary N) is 1. The maximum atomic E-state index is 10.0. The molecule has 0 bridgehead atoms. The second-order valence-electron chi connectivity index (χ2n) is 2.80. The minimum absolute atomic E-state index is 0.207. The molecule has 0 spiro atoms. The van der Waals surface area contributed by atoms with E-state index in [0.717, 1.165) is 17.9 Å². The molecule has 1 rings (SSSR count). The first-order chi connectivity index (χ1) is 7.29. The molecule has 1 aromatic rings. The van der Waals surface area contributed by atoms with E-state index in [4.69, 9.17) is 0 Å². The molecule has 1 heterocycles. The summed E-state index contributed by atoms with van der Waals surface area (Å²) in [7, 11) is 0. The molecule has 0 radical (unpaired) electrons. The summed E-state index contributed by atoms with van der Waals surface area (Å²) in [6.45, 7) is 3.35. The van der Waals surface area contributed by atoms with Crippen LogP contribution < -0.4 is 5.32 Å². The molecule has 82 valence electrons. The Kier molecular flexibility index (Phi) is 4.89.